The fourth-order valence-electron chi connectivity index (χ4n) is 3.54. The molecule has 1 fully saturated rings. The second-order valence-electron chi connectivity index (χ2n) is 6.73. The summed E-state index contributed by atoms with van der Waals surface area (Å²) >= 11 is 7.83. The lowest BCUT2D eigenvalue weighted by Gasteiger charge is -2.31. The SMILES string of the molecule is Cc1nc(C)c(CN2CCC(c3ccc4cc(Cl)cnc4n3)CC2)s1. The molecule has 1 saturated heterocycles. The number of nitrogens with zero attached hydrogens (tertiary/aromatic N) is 4. The van der Waals surface area contributed by atoms with Gasteiger partial charge in [-0.2, -0.15) is 0 Å². The highest BCUT2D eigenvalue weighted by Crippen LogP contribution is 2.30. The van der Waals surface area contributed by atoms with Gasteiger partial charge in [0.1, 0.15) is 0 Å². The quantitative estimate of drug-likeness (QED) is 0.666. The first-order valence-corrected chi connectivity index (χ1v) is 9.85. The Balaban J connectivity index is 1.43. The average Bonchev–Trinajstić information content (AvgIpc) is 2.92. The van der Waals surface area contributed by atoms with E-state index < -0.39 is 0 Å². The van der Waals surface area contributed by atoms with Crippen LogP contribution in [0.4, 0.5) is 0 Å². The third-order valence-electron chi connectivity index (χ3n) is 4.90. The van der Waals surface area contributed by atoms with E-state index in [4.69, 9.17) is 16.6 Å². The van der Waals surface area contributed by atoms with Crippen molar-refractivity contribution in [1.82, 2.24) is 19.9 Å². The highest BCUT2D eigenvalue weighted by molar-refractivity contribution is 7.11. The molecule has 1 aliphatic heterocycles. The molecule has 3 aromatic heterocycles. The van der Waals surface area contributed by atoms with Gasteiger partial charge in [-0.05, 0) is 58.0 Å². The van der Waals surface area contributed by atoms with Gasteiger partial charge in [-0.3, -0.25) is 4.90 Å². The summed E-state index contributed by atoms with van der Waals surface area (Å²) < 4.78 is 0. The van der Waals surface area contributed by atoms with E-state index in [0.717, 1.165) is 54.2 Å². The lowest BCUT2D eigenvalue weighted by molar-refractivity contribution is 0.204. The first-order chi connectivity index (χ1) is 12.1. The van der Waals surface area contributed by atoms with Crippen LogP contribution in [0, 0.1) is 13.8 Å². The maximum Gasteiger partial charge on any atom is 0.159 e. The summed E-state index contributed by atoms with van der Waals surface area (Å²) in [5.41, 5.74) is 3.14. The predicted octanol–water partition coefficient (Wildman–Crippen LogP) is 4.74. The predicted molar refractivity (Wildman–Crippen MR) is 103 cm³/mol. The first-order valence-electron chi connectivity index (χ1n) is 8.66. The second kappa shape index (κ2) is 6.98. The molecule has 4 nitrogen and oxygen atoms in total. The number of hydrogen-bond acceptors (Lipinski definition) is 5. The van der Waals surface area contributed by atoms with Gasteiger partial charge >= 0.3 is 0 Å². The summed E-state index contributed by atoms with van der Waals surface area (Å²) in [5.74, 6) is 0.516. The summed E-state index contributed by atoms with van der Waals surface area (Å²) in [6, 6.07) is 6.15. The molecule has 25 heavy (non-hydrogen) atoms. The Kier molecular flexibility index (Phi) is 4.71. The molecule has 0 saturated carbocycles. The van der Waals surface area contributed by atoms with E-state index in [2.05, 4.69) is 40.8 Å². The zero-order valence-corrected chi connectivity index (χ0v) is 16.1. The number of hydrogen-bond donors (Lipinski definition) is 0. The van der Waals surface area contributed by atoms with Gasteiger partial charge in [-0.1, -0.05) is 11.6 Å². The van der Waals surface area contributed by atoms with Crippen molar-refractivity contribution in [3.8, 4) is 0 Å². The lowest BCUT2D eigenvalue weighted by atomic mass is 9.93. The van der Waals surface area contributed by atoms with Crippen LogP contribution < -0.4 is 0 Å². The highest BCUT2D eigenvalue weighted by Gasteiger charge is 2.23. The zero-order valence-electron chi connectivity index (χ0n) is 14.5. The first kappa shape index (κ1) is 16.9. The summed E-state index contributed by atoms with van der Waals surface area (Å²) in [5, 5.41) is 2.82. The molecule has 0 N–H and O–H groups in total. The van der Waals surface area contributed by atoms with Crippen molar-refractivity contribution in [2.75, 3.05) is 13.1 Å². The van der Waals surface area contributed by atoms with Gasteiger partial charge < -0.3 is 0 Å². The number of aromatic nitrogens is 3. The number of halogens is 1. The van der Waals surface area contributed by atoms with E-state index in [9.17, 15) is 0 Å². The standard InChI is InChI=1S/C19H21ClN4S/c1-12-18(25-13(2)22-12)11-24-7-5-14(6-8-24)17-4-3-15-9-16(20)10-21-19(15)23-17/h3-4,9-10,14H,5-8,11H2,1-2H3. The van der Waals surface area contributed by atoms with Gasteiger partial charge in [0.15, 0.2) is 5.65 Å². The van der Waals surface area contributed by atoms with Gasteiger partial charge in [-0.25, -0.2) is 15.0 Å². The van der Waals surface area contributed by atoms with Gasteiger partial charge in [0.2, 0.25) is 0 Å². The minimum atomic E-state index is 0.516. The number of rotatable bonds is 3. The number of pyridine rings is 2. The Labute approximate surface area is 156 Å². The Bertz CT molecular complexity index is 900. The van der Waals surface area contributed by atoms with E-state index >= 15 is 0 Å². The van der Waals surface area contributed by atoms with E-state index in [-0.39, 0.29) is 0 Å². The average molecular weight is 373 g/mol. The Hall–Kier alpha value is -1.56. The fraction of sp³-hybridized carbons (Fsp3) is 0.421. The Morgan fingerprint density at radius 2 is 2.00 bits per heavy atom. The molecule has 6 heteroatoms. The van der Waals surface area contributed by atoms with E-state index in [1.807, 2.05) is 17.4 Å². The minimum absolute atomic E-state index is 0.516. The van der Waals surface area contributed by atoms with Crippen molar-refractivity contribution in [3.63, 3.8) is 0 Å². The van der Waals surface area contributed by atoms with Gasteiger partial charge in [0.25, 0.3) is 0 Å². The van der Waals surface area contributed by atoms with E-state index in [1.54, 1.807) is 6.20 Å². The van der Waals surface area contributed by atoms with Crippen molar-refractivity contribution < 1.29 is 0 Å². The normalized spacial score (nSPS) is 16.6. The van der Waals surface area contributed by atoms with E-state index in [1.165, 1.54) is 10.6 Å². The maximum absolute atomic E-state index is 6.00. The molecule has 0 unspecified atom stereocenters. The van der Waals surface area contributed by atoms with Crippen molar-refractivity contribution in [3.05, 3.63) is 50.7 Å². The lowest BCUT2D eigenvalue weighted by Crippen LogP contribution is -2.32. The van der Waals surface area contributed by atoms with Crippen LogP contribution >= 0.6 is 22.9 Å². The van der Waals surface area contributed by atoms with Crippen LogP contribution in [0.2, 0.25) is 5.02 Å². The maximum atomic E-state index is 6.00. The number of fused-ring (bicyclic) bond motifs is 1. The molecule has 0 radical (unpaired) electrons. The monoisotopic (exact) mass is 372 g/mol. The van der Waals surface area contributed by atoms with Crippen LogP contribution in [-0.2, 0) is 6.54 Å². The molecule has 4 rings (SSSR count). The van der Waals surface area contributed by atoms with Crippen LogP contribution in [0.15, 0.2) is 24.4 Å². The Morgan fingerprint density at radius 1 is 1.20 bits per heavy atom. The van der Waals surface area contributed by atoms with Crippen LogP contribution in [-0.4, -0.2) is 32.9 Å². The number of thiazole rings is 1. The van der Waals surface area contributed by atoms with Gasteiger partial charge in [-0.15, -0.1) is 11.3 Å². The smallest absolute Gasteiger partial charge is 0.159 e. The van der Waals surface area contributed by atoms with Crippen LogP contribution in [0.3, 0.4) is 0 Å². The third kappa shape index (κ3) is 3.68. The molecule has 0 aliphatic carbocycles. The van der Waals surface area contributed by atoms with Gasteiger partial charge in [0, 0.05) is 34.6 Å². The number of aryl methyl sites for hydroxylation is 2. The van der Waals surface area contributed by atoms with Crippen molar-refractivity contribution in [2.45, 2.75) is 39.2 Å². The largest absolute Gasteiger partial charge is 0.298 e. The van der Waals surface area contributed by atoms with Crippen LogP contribution in [0.5, 0.6) is 0 Å². The van der Waals surface area contributed by atoms with Crippen LogP contribution in [0.1, 0.15) is 40.0 Å². The molecule has 130 valence electrons. The molecule has 0 amide bonds. The summed E-state index contributed by atoms with van der Waals surface area (Å²) in [6.07, 6.45) is 3.95. The molecule has 4 heterocycles. The van der Waals surface area contributed by atoms with Crippen LogP contribution in [0.25, 0.3) is 11.0 Å². The second-order valence-corrected chi connectivity index (χ2v) is 8.45. The highest BCUT2D eigenvalue weighted by atomic mass is 35.5. The number of piperidine rings is 1. The number of likely N-dealkylation sites (tertiary alicyclic amines) is 1. The molecule has 0 aromatic carbocycles. The molecular weight excluding hydrogens is 352 g/mol. The van der Waals surface area contributed by atoms with E-state index in [0.29, 0.717) is 10.9 Å². The topological polar surface area (TPSA) is 41.9 Å². The third-order valence-corrected chi connectivity index (χ3v) is 6.17. The minimum Gasteiger partial charge on any atom is -0.298 e. The van der Waals surface area contributed by atoms with Gasteiger partial charge in [0.05, 0.1) is 15.7 Å². The van der Waals surface area contributed by atoms with Crippen molar-refractivity contribution >= 4 is 34.0 Å². The summed E-state index contributed by atoms with van der Waals surface area (Å²) in [4.78, 5) is 17.6. The fourth-order valence-corrected chi connectivity index (χ4v) is 4.68. The Morgan fingerprint density at radius 3 is 2.72 bits per heavy atom. The molecule has 0 atom stereocenters. The molecule has 0 bridgehead atoms. The molecule has 3 aromatic rings. The van der Waals surface area contributed by atoms with Crippen molar-refractivity contribution in [1.29, 1.82) is 0 Å². The molecular formula is C19H21ClN4S. The molecule has 0 spiro atoms. The van der Waals surface area contributed by atoms with Crippen molar-refractivity contribution in [2.24, 2.45) is 0 Å². The summed E-state index contributed by atoms with van der Waals surface area (Å²) in [6.45, 7) is 7.43. The zero-order chi connectivity index (χ0) is 17.4. The molecule has 1 aliphatic rings. The summed E-state index contributed by atoms with van der Waals surface area (Å²) in [7, 11) is 0.